The molecule has 0 aliphatic carbocycles. The first-order valence-corrected chi connectivity index (χ1v) is 10.2. The molecule has 1 atom stereocenters. The highest BCUT2D eigenvalue weighted by atomic mass is 16.5. The first-order valence-electron chi connectivity index (χ1n) is 10.2. The maximum Gasteiger partial charge on any atom is 0.333 e. The number of aryl methyl sites for hydroxylation is 1. The van der Waals surface area contributed by atoms with Crippen molar-refractivity contribution < 1.29 is 24.1 Å². The van der Waals surface area contributed by atoms with Crippen molar-refractivity contribution in [3.05, 3.63) is 59.2 Å². The van der Waals surface area contributed by atoms with Crippen molar-refractivity contribution in [2.45, 2.75) is 65.3 Å². The highest BCUT2D eigenvalue weighted by molar-refractivity contribution is 5.72. The lowest BCUT2D eigenvalue weighted by atomic mass is 10.1. The van der Waals surface area contributed by atoms with Crippen LogP contribution in [0.25, 0.3) is 0 Å². The Hall–Kier alpha value is -2.53. The molecule has 0 bridgehead atoms. The second-order valence-electron chi connectivity index (χ2n) is 7.41. The largest absolute Gasteiger partial charge is 0.493 e. The van der Waals surface area contributed by atoms with E-state index >= 15 is 0 Å². The topological polar surface area (TPSA) is 65.0 Å². The molecule has 0 heterocycles. The summed E-state index contributed by atoms with van der Waals surface area (Å²) in [6.07, 6.45) is 2.68. The van der Waals surface area contributed by atoms with Crippen LogP contribution >= 0.6 is 0 Å². The molecular formula is C24H32O5. The van der Waals surface area contributed by atoms with Crippen LogP contribution in [-0.2, 0) is 29.0 Å². The van der Waals surface area contributed by atoms with Crippen molar-refractivity contribution in [1.29, 1.82) is 0 Å². The molecule has 2 aromatic rings. The highest BCUT2D eigenvalue weighted by Crippen LogP contribution is 2.29. The van der Waals surface area contributed by atoms with Gasteiger partial charge >= 0.3 is 5.97 Å². The zero-order valence-corrected chi connectivity index (χ0v) is 17.8. The maximum absolute atomic E-state index is 11.5. The molecule has 0 aliphatic rings. The van der Waals surface area contributed by atoms with E-state index in [0.29, 0.717) is 18.1 Å². The number of ether oxygens (including phenoxy) is 3. The van der Waals surface area contributed by atoms with Crippen LogP contribution in [-0.4, -0.2) is 30.4 Å². The standard InChI is InChI=1S/C24H32O5/c1-5-6-7-18-8-10-19(11-9-18)16-28-22-14-20(12-13-21(22)27-4)15-23(24(25)26)29-17(2)3/h8-14,17,23H,5-7,15-16H2,1-4H3,(H,25,26). The van der Waals surface area contributed by atoms with Crippen molar-refractivity contribution in [3.63, 3.8) is 0 Å². The molecule has 0 aliphatic heterocycles. The third-order valence-corrected chi connectivity index (χ3v) is 4.60. The minimum absolute atomic E-state index is 0.162. The van der Waals surface area contributed by atoms with Crippen LogP contribution in [0.2, 0.25) is 0 Å². The van der Waals surface area contributed by atoms with Crippen molar-refractivity contribution >= 4 is 5.97 Å². The van der Waals surface area contributed by atoms with E-state index < -0.39 is 12.1 Å². The molecule has 5 nitrogen and oxygen atoms in total. The molecule has 2 rings (SSSR count). The first-order chi connectivity index (χ1) is 13.9. The second-order valence-corrected chi connectivity index (χ2v) is 7.41. The van der Waals surface area contributed by atoms with Crippen LogP contribution in [0, 0.1) is 0 Å². The molecule has 0 radical (unpaired) electrons. The van der Waals surface area contributed by atoms with Gasteiger partial charge in [-0.25, -0.2) is 4.79 Å². The molecule has 0 aromatic heterocycles. The van der Waals surface area contributed by atoms with Gasteiger partial charge in [0.25, 0.3) is 0 Å². The molecule has 5 heteroatoms. The van der Waals surface area contributed by atoms with E-state index in [1.54, 1.807) is 13.2 Å². The number of aliphatic carboxylic acids is 1. The van der Waals surface area contributed by atoms with Gasteiger partial charge in [-0.2, -0.15) is 0 Å². The average molecular weight is 401 g/mol. The van der Waals surface area contributed by atoms with Gasteiger partial charge in [0, 0.05) is 6.42 Å². The number of methoxy groups -OCH3 is 1. The monoisotopic (exact) mass is 400 g/mol. The molecule has 0 fully saturated rings. The smallest absolute Gasteiger partial charge is 0.333 e. The number of unbranched alkanes of at least 4 members (excludes halogenated alkanes) is 1. The number of carbonyl (C=O) groups is 1. The zero-order valence-electron chi connectivity index (χ0n) is 17.8. The zero-order chi connectivity index (χ0) is 21.2. The van der Waals surface area contributed by atoms with E-state index in [2.05, 4.69) is 31.2 Å². The van der Waals surface area contributed by atoms with Crippen molar-refractivity contribution in [1.82, 2.24) is 0 Å². The van der Waals surface area contributed by atoms with E-state index in [0.717, 1.165) is 17.5 Å². The van der Waals surface area contributed by atoms with E-state index in [9.17, 15) is 9.90 Å². The van der Waals surface area contributed by atoms with E-state index in [1.165, 1.54) is 18.4 Å². The Morgan fingerprint density at radius 2 is 1.66 bits per heavy atom. The summed E-state index contributed by atoms with van der Waals surface area (Å²) in [7, 11) is 1.59. The van der Waals surface area contributed by atoms with Gasteiger partial charge in [-0.1, -0.05) is 43.7 Å². The lowest BCUT2D eigenvalue weighted by Crippen LogP contribution is -2.29. The van der Waals surface area contributed by atoms with Gasteiger partial charge < -0.3 is 19.3 Å². The Labute approximate surface area is 173 Å². The molecule has 0 amide bonds. The summed E-state index contributed by atoms with van der Waals surface area (Å²) >= 11 is 0. The lowest BCUT2D eigenvalue weighted by Gasteiger charge is -2.18. The molecule has 1 unspecified atom stereocenters. The SMILES string of the molecule is CCCCc1ccc(COc2cc(CC(OC(C)C)C(=O)O)ccc2OC)cc1. The quantitative estimate of drug-likeness (QED) is 0.541. The molecule has 1 N–H and O–H groups in total. The number of hydrogen-bond donors (Lipinski definition) is 1. The maximum atomic E-state index is 11.5. The van der Waals surface area contributed by atoms with Gasteiger partial charge in [0.15, 0.2) is 17.6 Å². The fourth-order valence-corrected chi connectivity index (χ4v) is 3.04. The van der Waals surface area contributed by atoms with Gasteiger partial charge in [-0.3, -0.25) is 0 Å². The van der Waals surface area contributed by atoms with Crippen LogP contribution in [0.3, 0.4) is 0 Å². The normalized spacial score (nSPS) is 12.0. The number of rotatable bonds is 12. The van der Waals surface area contributed by atoms with Crippen LogP contribution in [0.1, 0.15) is 50.3 Å². The second kappa shape index (κ2) is 11.5. The Balaban J connectivity index is 2.07. The molecule has 0 saturated carbocycles. The molecule has 2 aromatic carbocycles. The minimum atomic E-state index is -0.972. The first kappa shape index (κ1) is 22.8. The Bertz CT molecular complexity index is 767. The third kappa shape index (κ3) is 7.42. The summed E-state index contributed by atoms with van der Waals surface area (Å²) < 4.78 is 16.9. The van der Waals surface area contributed by atoms with Crippen molar-refractivity contribution in [2.75, 3.05) is 7.11 Å². The van der Waals surface area contributed by atoms with Gasteiger partial charge in [0.05, 0.1) is 13.2 Å². The fourth-order valence-electron chi connectivity index (χ4n) is 3.04. The van der Waals surface area contributed by atoms with Gasteiger partial charge in [0.2, 0.25) is 0 Å². The lowest BCUT2D eigenvalue weighted by molar-refractivity contribution is -0.153. The Morgan fingerprint density at radius 3 is 2.24 bits per heavy atom. The number of hydrogen-bond acceptors (Lipinski definition) is 4. The summed E-state index contributed by atoms with van der Waals surface area (Å²) in [6.45, 7) is 6.26. The Morgan fingerprint density at radius 1 is 1.00 bits per heavy atom. The van der Waals surface area contributed by atoms with Gasteiger partial charge in [0.1, 0.15) is 6.61 Å². The summed E-state index contributed by atoms with van der Waals surface area (Å²) in [5.41, 5.74) is 3.23. The van der Waals surface area contributed by atoms with E-state index in [-0.39, 0.29) is 12.5 Å². The summed E-state index contributed by atoms with van der Waals surface area (Å²) in [5.74, 6) is 0.235. The summed E-state index contributed by atoms with van der Waals surface area (Å²) in [5, 5.41) is 9.40. The van der Waals surface area contributed by atoms with Crippen molar-refractivity contribution in [2.24, 2.45) is 0 Å². The predicted octanol–water partition coefficient (Wildman–Crippen LogP) is 5.04. The van der Waals surface area contributed by atoms with Gasteiger partial charge in [-0.15, -0.1) is 0 Å². The highest BCUT2D eigenvalue weighted by Gasteiger charge is 2.21. The van der Waals surface area contributed by atoms with Crippen LogP contribution in [0.4, 0.5) is 0 Å². The van der Waals surface area contributed by atoms with Crippen molar-refractivity contribution in [3.8, 4) is 11.5 Å². The molecular weight excluding hydrogens is 368 g/mol. The fraction of sp³-hybridized carbons (Fsp3) is 0.458. The van der Waals surface area contributed by atoms with Gasteiger partial charge in [-0.05, 0) is 55.5 Å². The average Bonchev–Trinajstić information content (AvgIpc) is 2.70. The van der Waals surface area contributed by atoms with E-state index in [1.807, 2.05) is 26.0 Å². The molecule has 158 valence electrons. The predicted molar refractivity (Wildman–Crippen MR) is 114 cm³/mol. The summed E-state index contributed by atoms with van der Waals surface area (Å²) in [4.78, 5) is 11.5. The number of carboxylic acids is 1. The minimum Gasteiger partial charge on any atom is -0.493 e. The third-order valence-electron chi connectivity index (χ3n) is 4.60. The molecule has 0 spiro atoms. The van der Waals surface area contributed by atoms with Crippen LogP contribution < -0.4 is 9.47 Å². The summed E-state index contributed by atoms with van der Waals surface area (Å²) in [6, 6.07) is 13.9. The number of benzene rings is 2. The van der Waals surface area contributed by atoms with Crippen LogP contribution in [0.5, 0.6) is 11.5 Å². The van der Waals surface area contributed by atoms with E-state index in [4.69, 9.17) is 14.2 Å². The van der Waals surface area contributed by atoms with Crippen LogP contribution in [0.15, 0.2) is 42.5 Å². The number of carboxylic acid groups (broad SMARTS) is 1. The molecule has 0 saturated heterocycles. The molecule has 29 heavy (non-hydrogen) atoms. The Kier molecular flexibility index (Phi) is 9.00.